The molecule has 0 saturated carbocycles. The normalized spacial score (nSPS) is 10.3. The van der Waals surface area contributed by atoms with E-state index in [9.17, 15) is 5.11 Å². The van der Waals surface area contributed by atoms with Gasteiger partial charge in [0.25, 0.3) is 0 Å². The summed E-state index contributed by atoms with van der Waals surface area (Å²) in [5, 5.41) is 13.9. The number of rotatable bonds is 5. The fourth-order valence-electron chi connectivity index (χ4n) is 2.01. The minimum absolute atomic E-state index is 0.0188. The number of halogens is 2. The van der Waals surface area contributed by atoms with Gasteiger partial charge in [-0.15, -0.1) is 0 Å². The number of hydrogen-bond acceptors (Lipinski definition) is 2. The van der Waals surface area contributed by atoms with Crippen molar-refractivity contribution in [2.45, 2.75) is 6.54 Å². The molecule has 2 aromatic rings. The molecule has 0 aliphatic rings. The molecule has 0 aliphatic heterocycles. The summed E-state index contributed by atoms with van der Waals surface area (Å²) in [5.41, 5.74) is 1.84. The molecule has 22 heavy (non-hydrogen) atoms. The summed E-state index contributed by atoms with van der Waals surface area (Å²) >= 11 is 17.4. The van der Waals surface area contributed by atoms with Gasteiger partial charge in [0.1, 0.15) is 0 Å². The lowest BCUT2D eigenvalue weighted by atomic mass is 10.2. The van der Waals surface area contributed by atoms with Crippen molar-refractivity contribution in [3.05, 3.63) is 64.1 Å². The van der Waals surface area contributed by atoms with E-state index >= 15 is 0 Å². The highest BCUT2D eigenvalue weighted by molar-refractivity contribution is 7.80. The lowest BCUT2D eigenvalue weighted by Gasteiger charge is -2.25. The Morgan fingerprint density at radius 3 is 2.32 bits per heavy atom. The number of thiocarbonyl (C=S) groups is 1. The van der Waals surface area contributed by atoms with E-state index in [0.717, 1.165) is 11.3 Å². The molecule has 2 rings (SSSR count). The lowest BCUT2D eigenvalue weighted by Crippen LogP contribution is -2.36. The van der Waals surface area contributed by atoms with Crippen molar-refractivity contribution >= 4 is 46.2 Å². The minimum Gasteiger partial charge on any atom is -0.395 e. The lowest BCUT2D eigenvalue weighted by molar-refractivity contribution is 0.248. The van der Waals surface area contributed by atoms with Crippen LogP contribution in [0, 0.1) is 0 Å². The second-order valence-corrected chi connectivity index (χ2v) is 5.98. The zero-order valence-electron chi connectivity index (χ0n) is 11.8. The highest BCUT2D eigenvalue weighted by atomic mass is 35.5. The number of aliphatic hydroxyl groups excluding tert-OH is 1. The van der Waals surface area contributed by atoms with Crippen LogP contribution in [0.4, 0.5) is 5.69 Å². The maximum atomic E-state index is 9.25. The van der Waals surface area contributed by atoms with Crippen molar-refractivity contribution in [2.75, 3.05) is 18.5 Å². The number of aliphatic hydroxyl groups is 1. The van der Waals surface area contributed by atoms with Gasteiger partial charge in [-0.2, -0.15) is 0 Å². The standard InChI is InChI=1S/C16H16Cl2N2OS/c17-13-8-14(18)10-15(9-13)19-16(22)20(6-7-21)11-12-4-2-1-3-5-12/h1-5,8-10,21H,6-7,11H2,(H,19,22). The van der Waals surface area contributed by atoms with Crippen LogP contribution < -0.4 is 5.32 Å². The second kappa shape index (κ2) is 8.34. The average Bonchev–Trinajstić information content (AvgIpc) is 2.46. The van der Waals surface area contributed by atoms with Crippen molar-refractivity contribution in [1.82, 2.24) is 4.90 Å². The zero-order valence-corrected chi connectivity index (χ0v) is 14.1. The second-order valence-electron chi connectivity index (χ2n) is 4.72. The van der Waals surface area contributed by atoms with Gasteiger partial charge in [0.05, 0.1) is 6.61 Å². The van der Waals surface area contributed by atoms with Crippen LogP contribution in [-0.4, -0.2) is 28.3 Å². The van der Waals surface area contributed by atoms with Gasteiger partial charge in [0, 0.05) is 28.8 Å². The molecule has 0 heterocycles. The highest BCUT2D eigenvalue weighted by Gasteiger charge is 2.11. The predicted octanol–water partition coefficient (Wildman–Crippen LogP) is 4.18. The van der Waals surface area contributed by atoms with Crippen molar-refractivity contribution in [3.8, 4) is 0 Å². The number of anilines is 1. The third-order valence-corrected chi connectivity index (χ3v) is 3.78. The quantitative estimate of drug-likeness (QED) is 0.789. The first kappa shape index (κ1) is 17.0. The van der Waals surface area contributed by atoms with Gasteiger partial charge in [0.2, 0.25) is 0 Å². The molecule has 0 aromatic heterocycles. The predicted molar refractivity (Wildman–Crippen MR) is 96.6 cm³/mol. The first-order chi connectivity index (χ1) is 10.6. The van der Waals surface area contributed by atoms with E-state index in [1.165, 1.54) is 0 Å². The molecule has 0 bridgehead atoms. The molecule has 3 nitrogen and oxygen atoms in total. The molecule has 0 amide bonds. The summed E-state index contributed by atoms with van der Waals surface area (Å²) in [6.07, 6.45) is 0. The number of nitrogens with zero attached hydrogens (tertiary/aromatic N) is 1. The molecule has 0 unspecified atom stereocenters. The van der Waals surface area contributed by atoms with Crippen LogP contribution >= 0.6 is 35.4 Å². The molecule has 0 fully saturated rings. The Morgan fingerprint density at radius 2 is 1.73 bits per heavy atom. The summed E-state index contributed by atoms with van der Waals surface area (Å²) in [6, 6.07) is 15.1. The number of benzene rings is 2. The maximum absolute atomic E-state index is 9.25. The van der Waals surface area contributed by atoms with Gasteiger partial charge in [-0.1, -0.05) is 53.5 Å². The average molecular weight is 355 g/mol. The Bertz CT molecular complexity index is 617. The Labute approximate surface area is 145 Å². The minimum atomic E-state index is 0.0188. The van der Waals surface area contributed by atoms with Crippen LogP contribution in [0.25, 0.3) is 0 Å². The first-order valence-corrected chi connectivity index (χ1v) is 7.91. The zero-order chi connectivity index (χ0) is 15.9. The third-order valence-electron chi connectivity index (χ3n) is 2.99. The molecule has 0 atom stereocenters. The number of nitrogens with one attached hydrogen (secondary N) is 1. The van der Waals surface area contributed by atoms with E-state index < -0.39 is 0 Å². The molecule has 0 saturated heterocycles. The molecule has 116 valence electrons. The molecular weight excluding hydrogens is 339 g/mol. The van der Waals surface area contributed by atoms with E-state index in [1.54, 1.807) is 18.2 Å². The van der Waals surface area contributed by atoms with Crippen LogP contribution in [-0.2, 0) is 6.54 Å². The Morgan fingerprint density at radius 1 is 1.09 bits per heavy atom. The van der Waals surface area contributed by atoms with Crippen molar-refractivity contribution in [1.29, 1.82) is 0 Å². The van der Waals surface area contributed by atoms with E-state index in [-0.39, 0.29) is 6.61 Å². The summed E-state index contributed by atoms with van der Waals surface area (Å²) < 4.78 is 0. The molecule has 0 aliphatic carbocycles. The molecular formula is C16H16Cl2N2OS. The fourth-order valence-corrected chi connectivity index (χ4v) is 2.81. The summed E-state index contributed by atoms with van der Waals surface area (Å²) in [4.78, 5) is 1.89. The SMILES string of the molecule is OCCN(Cc1ccccc1)C(=S)Nc1cc(Cl)cc(Cl)c1. The van der Waals surface area contributed by atoms with Crippen molar-refractivity contribution < 1.29 is 5.11 Å². The van der Waals surface area contributed by atoms with Gasteiger partial charge in [-0.3, -0.25) is 0 Å². The van der Waals surface area contributed by atoms with E-state index in [2.05, 4.69) is 5.32 Å². The summed E-state index contributed by atoms with van der Waals surface area (Å²) in [5.74, 6) is 0. The van der Waals surface area contributed by atoms with Crippen LogP contribution in [0.3, 0.4) is 0 Å². The van der Waals surface area contributed by atoms with Crippen LogP contribution in [0.15, 0.2) is 48.5 Å². The smallest absolute Gasteiger partial charge is 0.173 e. The molecule has 2 aromatic carbocycles. The summed E-state index contributed by atoms with van der Waals surface area (Å²) in [6.45, 7) is 1.07. The largest absolute Gasteiger partial charge is 0.395 e. The monoisotopic (exact) mass is 354 g/mol. The Balaban J connectivity index is 2.09. The molecule has 0 radical (unpaired) electrons. The van der Waals surface area contributed by atoms with E-state index in [0.29, 0.717) is 28.2 Å². The topological polar surface area (TPSA) is 35.5 Å². The van der Waals surface area contributed by atoms with E-state index in [1.807, 2.05) is 35.2 Å². The Kier molecular flexibility index (Phi) is 6.46. The van der Waals surface area contributed by atoms with Gasteiger partial charge in [-0.05, 0) is 36.0 Å². The first-order valence-electron chi connectivity index (χ1n) is 6.75. The van der Waals surface area contributed by atoms with E-state index in [4.69, 9.17) is 35.4 Å². The van der Waals surface area contributed by atoms with Gasteiger partial charge >= 0.3 is 0 Å². The van der Waals surface area contributed by atoms with Crippen LogP contribution in [0.5, 0.6) is 0 Å². The third kappa shape index (κ3) is 5.14. The molecule has 0 spiro atoms. The molecule has 2 N–H and O–H groups in total. The van der Waals surface area contributed by atoms with Crippen molar-refractivity contribution in [2.24, 2.45) is 0 Å². The highest BCUT2D eigenvalue weighted by Crippen LogP contribution is 2.22. The van der Waals surface area contributed by atoms with Gasteiger partial charge < -0.3 is 15.3 Å². The Hall–Kier alpha value is -1.33. The van der Waals surface area contributed by atoms with Gasteiger partial charge in [-0.25, -0.2) is 0 Å². The number of hydrogen-bond donors (Lipinski definition) is 2. The van der Waals surface area contributed by atoms with Crippen LogP contribution in [0.2, 0.25) is 10.0 Å². The maximum Gasteiger partial charge on any atom is 0.173 e. The van der Waals surface area contributed by atoms with Crippen molar-refractivity contribution in [3.63, 3.8) is 0 Å². The molecule has 6 heteroatoms. The summed E-state index contributed by atoms with van der Waals surface area (Å²) in [7, 11) is 0. The van der Waals surface area contributed by atoms with Crippen LogP contribution in [0.1, 0.15) is 5.56 Å². The van der Waals surface area contributed by atoms with Gasteiger partial charge in [0.15, 0.2) is 5.11 Å². The fraction of sp³-hybridized carbons (Fsp3) is 0.188.